The van der Waals surface area contributed by atoms with E-state index in [2.05, 4.69) is 149 Å². The fourth-order valence-electron chi connectivity index (χ4n) is 9.46. The highest BCUT2D eigenvalue weighted by Crippen LogP contribution is 2.57. The van der Waals surface area contributed by atoms with E-state index >= 15 is 0 Å². The number of nitrogens with zero attached hydrogens (tertiary/aromatic N) is 3. The van der Waals surface area contributed by atoms with Gasteiger partial charge in [0.2, 0.25) is 0 Å². The molecule has 0 aromatic heterocycles. The summed E-state index contributed by atoms with van der Waals surface area (Å²) in [5.41, 5.74) is 16.8. The number of hydrogen-bond acceptors (Lipinski definition) is 3. The van der Waals surface area contributed by atoms with Crippen LogP contribution in [0.4, 0.5) is 5.69 Å². The van der Waals surface area contributed by atoms with Gasteiger partial charge in [0.1, 0.15) is 5.76 Å². The monoisotopic (exact) mass is 745 g/mol. The highest BCUT2D eigenvalue weighted by Gasteiger charge is 2.30. The van der Waals surface area contributed by atoms with Crippen molar-refractivity contribution in [2.45, 2.75) is 25.7 Å². The Bertz CT molecular complexity index is 2820. The fraction of sp³-hybridized carbons (Fsp3) is 0.111. The molecule has 7 aromatic rings. The molecule has 1 aliphatic carbocycles. The first kappa shape index (κ1) is 35.0. The molecule has 0 saturated heterocycles. The van der Waals surface area contributed by atoms with Gasteiger partial charge in [-0.05, 0) is 144 Å². The van der Waals surface area contributed by atoms with E-state index in [1.54, 1.807) is 12.2 Å². The lowest BCUT2D eigenvalue weighted by molar-refractivity contribution is 0.364. The zero-order chi connectivity index (χ0) is 39.0. The van der Waals surface area contributed by atoms with Crippen molar-refractivity contribution in [2.24, 2.45) is 0 Å². The summed E-state index contributed by atoms with van der Waals surface area (Å²) < 4.78 is 5.51. The summed E-state index contributed by atoms with van der Waals surface area (Å²) in [5, 5.41) is 14.3. The number of allylic oxidation sites excluding steroid dienone is 5. The maximum absolute atomic E-state index is 9.02. The summed E-state index contributed by atoms with van der Waals surface area (Å²) in [7, 11) is 0. The number of fused-ring (bicyclic) bond motifs is 4. The summed E-state index contributed by atoms with van der Waals surface area (Å²) in [5.74, 6) is 0.631. The third kappa shape index (κ3) is 6.08. The van der Waals surface area contributed by atoms with E-state index in [1.165, 1.54) is 121 Å². The normalized spacial score (nSPS) is 15.4. The zero-order valence-corrected chi connectivity index (χ0v) is 32.1. The number of benzene rings is 7. The van der Waals surface area contributed by atoms with Crippen LogP contribution in [0.15, 0.2) is 175 Å². The van der Waals surface area contributed by atoms with Crippen LogP contribution in [-0.2, 0) is 17.6 Å². The molecule has 11 rings (SSSR count). The second-order valence-corrected chi connectivity index (χ2v) is 15.2. The molecular weight excluding hydrogens is 707 g/mol. The molecule has 0 atom stereocenters. The van der Waals surface area contributed by atoms with Crippen LogP contribution in [0.3, 0.4) is 0 Å². The number of ether oxygens (including phenoxy) is 1. The zero-order valence-electron chi connectivity index (χ0n) is 32.1. The van der Waals surface area contributed by atoms with Crippen molar-refractivity contribution in [1.82, 2.24) is 0 Å². The average Bonchev–Trinajstić information content (AvgIpc) is 3.61. The molecule has 0 unspecified atom stereocenters. The standard InChI is InChI=1S/C32H20.C22H19N3O/c1-3-11-22(12-4-1)29-24-17-7-8-18-25(24)30(23-13-5-2-6-14-23)32-27-20-10-16-21-15-9-19-26(28(21)27)31(29)32;1-24-21(15-23)17-8-11-26-20(14-17)7-6-16-12-18-4-2-9-25-10-3-5-19(13-16)22(18)25/h1-20H;6-8,11-14H,2-5,9-10H2/b;7-6+,21-17-. The Morgan fingerprint density at radius 2 is 1.24 bits per heavy atom. The van der Waals surface area contributed by atoms with E-state index in [0.717, 1.165) is 12.8 Å². The van der Waals surface area contributed by atoms with Gasteiger partial charge in [-0.25, -0.2) is 10.1 Å². The first-order chi connectivity index (χ1) is 28.7. The van der Waals surface area contributed by atoms with Crippen LogP contribution >= 0.6 is 0 Å². The fourth-order valence-corrected chi connectivity index (χ4v) is 9.46. The second kappa shape index (κ2) is 14.9. The molecule has 276 valence electrons. The lowest BCUT2D eigenvalue weighted by atomic mass is 9.82. The van der Waals surface area contributed by atoms with E-state index in [0.29, 0.717) is 11.3 Å². The van der Waals surface area contributed by atoms with Gasteiger partial charge in [0.15, 0.2) is 0 Å². The summed E-state index contributed by atoms with van der Waals surface area (Å²) in [6, 6.07) is 50.6. The predicted molar refractivity (Wildman–Crippen MR) is 239 cm³/mol. The van der Waals surface area contributed by atoms with Gasteiger partial charge in [0, 0.05) is 18.8 Å². The molecule has 3 heterocycles. The second-order valence-electron chi connectivity index (χ2n) is 15.2. The molecule has 0 radical (unpaired) electrons. The van der Waals surface area contributed by atoms with Crippen LogP contribution in [-0.4, -0.2) is 13.1 Å². The van der Waals surface area contributed by atoms with Gasteiger partial charge in [-0.1, -0.05) is 127 Å². The molecule has 0 spiro atoms. The van der Waals surface area contributed by atoms with Crippen LogP contribution in [0.5, 0.6) is 0 Å². The van der Waals surface area contributed by atoms with Crippen LogP contribution in [0.2, 0.25) is 0 Å². The number of nitriles is 1. The summed E-state index contributed by atoms with van der Waals surface area (Å²) in [4.78, 5) is 5.79. The molecule has 4 heteroatoms. The Labute approximate surface area is 339 Å². The Kier molecular flexibility index (Phi) is 9.02. The molecule has 4 aliphatic rings. The third-order valence-electron chi connectivity index (χ3n) is 11.8. The average molecular weight is 746 g/mol. The molecular formula is C54H39N3O. The van der Waals surface area contributed by atoms with Crippen LogP contribution in [0, 0.1) is 17.9 Å². The van der Waals surface area contributed by atoms with Crippen molar-refractivity contribution in [1.29, 1.82) is 5.26 Å². The SMILES string of the molecule is [C-]#[N+]/C(C#N)=C1/C=COC(/C=C/c2cc3c4c(c2)CCCN4CCC3)=C1.c1ccc(-c2c3c(c(-c4ccccc4)c4ccccc24)-c2cccc4cccc-3c24)cc1. The first-order valence-corrected chi connectivity index (χ1v) is 20.1. The number of anilines is 1. The maximum Gasteiger partial charge on any atom is 0.269 e. The van der Waals surface area contributed by atoms with E-state index in [9.17, 15) is 0 Å². The number of hydrogen-bond donors (Lipinski definition) is 0. The van der Waals surface area contributed by atoms with Gasteiger partial charge in [0.05, 0.1) is 18.9 Å². The molecule has 0 saturated carbocycles. The van der Waals surface area contributed by atoms with E-state index < -0.39 is 0 Å². The summed E-state index contributed by atoms with van der Waals surface area (Å²) in [6.07, 6.45) is 13.6. The Balaban J connectivity index is 0.000000144. The molecule has 7 aromatic carbocycles. The van der Waals surface area contributed by atoms with Crippen molar-refractivity contribution < 1.29 is 4.74 Å². The summed E-state index contributed by atoms with van der Waals surface area (Å²) in [6.45, 7) is 9.43. The highest BCUT2D eigenvalue weighted by atomic mass is 16.5. The van der Waals surface area contributed by atoms with Crippen LogP contribution < -0.4 is 4.90 Å². The largest absolute Gasteiger partial charge is 0.465 e. The number of rotatable bonds is 4. The molecule has 0 bridgehead atoms. The van der Waals surface area contributed by atoms with Crippen LogP contribution in [0.25, 0.3) is 77.0 Å². The van der Waals surface area contributed by atoms with Crippen molar-refractivity contribution in [2.75, 3.05) is 18.0 Å². The van der Waals surface area contributed by atoms with E-state index in [4.69, 9.17) is 16.6 Å². The minimum Gasteiger partial charge on any atom is -0.465 e. The minimum absolute atomic E-state index is 0.0775. The van der Waals surface area contributed by atoms with Gasteiger partial charge in [-0.3, -0.25) is 0 Å². The van der Waals surface area contributed by atoms with Gasteiger partial charge in [-0.15, -0.1) is 0 Å². The number of aryl methyl sites for hydroxylation is 2. The van der Waals surface area contributed by atoms with E-state index in [-0.39, 0.29) is 5.70 Å². The predicted octanol–water partition coefficient (Wildman–Crippen LogP) is 13.5. The highest BCUT2D eigenvalue weighted by molar-refractivity contribution is 6.27. The lowest BCUT2D eigenvalue weighted by Crippen LogP contribution is -2.34. The smallest absolute Gasteiger partial charge is 0.269 e. The van der Waals surface area contributed by atoms with Crippen molar-refractivity contribution in [3.05, 3.63) is 203 Å². The van der Waals surface area contributed by atoms with Crippen molar-refractivity contribution in [3.8, 4) is 50.6 Å². The maximum atomic E-state index is 9.02. The van der Waals surface area contributed by atoms with E-state index in [1.807, 2.05) is 12.1 Å². The Hall–Kier alpha value is -7.40. The molecule has 0 N–H and O–H groups in total. The third-order valence-corrected chi connectivity index (χ3v) is 11.8. The molecule has 58 heavy (non-hydrogen) atoms. The van der Waals surface area contributed by atoms with Crippen molar-refractivity contribution in [3.63, 3.8) is 0 Å². The quantitative estimate of drug-likeness (QED) is 0.133. The Morgan fingerprint density at radius 3 is 1.79 bits per heavy atom. The topological polar surface area (TPSA) is 40.6 Å². The van der Waals surface area contributed by atoms with Gasteiger partial charge >= 0.3 is 0 Å². The van der Waals surface area contributed by atoms with Crippen molar-refractivity contribution >= 4 is 33.3 Å². The first-order valence-electron chi connectivity index (χ1n) is 20.1. The molecule has 3 aliphatic heterocycles. The van der Waals surface area contributed by atoms with Gasteiger partial charge in [0.25, 0.3) is 5.70 Å². The Morgan fingerprint density at radius 1 is 0.672 bits per heavy atom. The molecule has 4 nitrogen and oxygen atoms in total. The van der Waals surface area contributed by atoms with Gasteiger partial charge < -0.3 is 9.64 Å². The molecule has 0 fully saturated rings. The minimum atomic E-state index is 0.0775. The van der Waals surface area contributed by atoms with Crippen LogP contribution in [0.1, 0.15) is 29.5 Å². The summed E-state index contributed by atoms with van der Waals surface area (Å²) >= 11 is 0. The van der Waals surface area contributed by atoms with Gasteiger partial charge in [-0.2, -0.15) is 0 Å². The lowest BCUT2D eigenvalue weighted by Gasteiger charge is -2.37. The molecule has 0 amide bonds.